The monoisotopic (exact) mass is 223 g/mol. The zero-order valence-electron chi connectivity index (χ0n) is 7.37. The van der Waals surface area contributed by atoms with E-state index in [0.717, 1.165) is 37.8 Å². The zero-order chi connectivity index (χ0) is 9.73. The van der Waals surface area contributed by atoms with Gasteiger partial charge < -0.3 is 5.32 Å². The molecule has 1 saturated heterocycles. The average molecular weight is 224 g/mol. The zero-order valence-corrected chi connectivity index (χ0v) is 8.94. The van der Waals surface area contributed by atoms with Gasteiger partial charge in [-0.3, -0.25) is 0 Å². The molecule has 3 nitrogen and oxygen atoms in total. The highest BCUT2D eigenvalue weighted by Gasteiger charge is 2.11. The number of hydrogen-bond donors (Lipinski definition) is 1. The van der Waals surface area contributed by atoms with Gasteiger partial charge in [0.05, 0.1) is 0 Å². The van der Waals surface area contributed by atoms with Crippen LogP contribution in [0.25, 0.3) is 0 Å². The normalized spacial score (nSPS) is 21.0. The van der Waals surface area contributed by atoms with E-state index >= 15 is 0 Å². The molecule has 0 radical (unpaired) electrons. The van der Waals surface area contributed by atoms with Crippen LogP contribution in [0.4, 0.5) is 0 Å². The molecule has 0 amide bonds. The number of halogens is 1. The minimum atomic E-state index is -3.45. The second-order valence-corrected chi connectivity index (χ2v) is 5.79. The summed E-state index contributed by atoms with van der Waals surface area (Å²) in [5.41, 5.74) is 0. The minimum absolute atomic E-state index is 0.607. The van der Waals surface area contributed by atoms with E-state index < -0.39 is 9.05 Å². The molecule has 76 valence electrons. The molecule has 5 heteroatoms. The highest BCUT2D eigenvalue weighted by atomic mass is 35.7. The number of piperidine rings is 1. The minimum Gasteiger partial charge on any atom is -0.317 e. The van der Waals surface area contributed by atoms with Gasteiger partial charge in [0.2, 0.25) is 0 Å². The van der Waals surface area contributed by atoms with Crippen molar-refractivity contribution in [2.24, 2.45) is 5.92 Å². The van der Waals surface area contributed by atoms with Crippen LogP contribution in [0.5, 0.6) is 0 Å². The van der Waals surface area contributed by atoms with Crippen molar-refractivity contribution < 1.29 is 8.42 Å². The van der Waals surface area contributed by atoms with Crippen molar-refractivity contribution in [1.82, 2.24) is 5.32 Å². The molecule has 0 aromatic rings. The van der Waals surface area contributed by atoms with Crippen LogP contribution >= 0.6 is 10.7 Å². The number of nitrogens with one attached hydrogen (secondary N) is 1. The van der Waals surface area contributed by atoms with Crippen LogP contribution in [0.2, 0.25) is 0 Å². The van der Waals surface area contributed by atoms with Gasteiger partial charge in [0.25, 0.3) is 9.05 Å². The van der Waals surface area contributed by atoms with Crippen LogP contribution in [0, 0.1) is 5.92 Å². The average Bonchev–Trinajstić information content (AvgIpc) is 2.04. The molecule has 0 bridgehead atoms. The summed E-state index contributed by atoms with van der Waals surface area (Å²) < 4.78 is 21.1. The molecule has 0 saturated carbocycles. The maximum atomic E-state index is 10.5. The van der Waals surface area contributed by atoms with E-state index in [1.807, 2.05) is 0 Å². The molecule has 0 aromatic heterocycles. The lowest BCUT2D eigenvalue weighted by atomic mass is 9.95. The van der Waals surface area contributed by atoms with Gasteiger partial charge in [0.1, 0.15) is 0 Å². The second-order valence-electron chi connectivity index (χ2n) is 3.28. The van der Waals surface area contributed by atoms with Crippen molar-refractivity contribution in [2.45, 2.75) is 19.3 Å². The van der Waals surface area contributed by atoms with Gasteiger partial charge in [0.15, 0.2) is 0 Å². The molecule has 1 fully saturated rings. The smallest absolute Gasteiger partial charge is 0.254 e. The molecule has 13 heavy (non-hydrogen) atoms. The summed E-state index contributed by atoms with van der Waals surface area (Å²) in [6, 6.07) is 0. The van der Waals surface area contributed by atoms with Crippen LogP contribution in [-0.4, -0.2) is 21.5 Å². The summed E-state index contributed by atoms with van der Waals surface area (Å²) in [4.78, 5) is 0. The number of allylic oxidation sites excluding steroid dienone is 1. The lowest BCUT2D eigenvalue weighted by Gasteiger charge is -2.20. The predicted octanol–water partition coefficient (Wildman–Crippen LogP) is 1.46. The molecule has 0 spiro atoms. The van der Waals surface area contributed by atoms with Gasteiger partial charge in [0, 0.05) is 16.1 Å². The van der Waals surface area contributed by atoms with E-state index in [9.17, 15) is 8.42 Å². The van der Waals surface area contributed by atoms with Crippen molar-refractivity contribution in [1.29, 1.82) is 0 Å². The molecule has 0 unspecified atom stereocenters. The summed E-state index contributed by atoms with van der Waals surface area (Å²) in [5.74, 6) is 0.607. The Morgan fingerprint density at radius 2 is 2.00 bits per heavy atom. The first-order chi connectivity index (χ1) is 6.08. The molecular weight excluding hydrogens is 210 g/mol. The highest BCUT2D eigenvalue weighted by Crippen LogP contribution is 2.16. The third-order valence-electron chi connectivity index (χ3n) is 2.19. The third kappa shape index (κ3) is 5.29. The Kier molecular flexibility index (Phi) is 4.22. The molecule has 1 aliphatic heterocycles. The lowest BCUT2D eigenvalue weighted by molar-refractivity contribution is 0.377. The van der Waals surface area contributed by atoms with Gasteiger partial charge in [-0.1, -0.05) is 6.08 Å². The first kappa shape index (κ1) is 11.0. The summed E-state index contributed by atoms with van der Waals surface area (Å²) in [5, 5.41) is 4.33. The second kappa shape index (κ2) is 4.98. The fourth-order valence-corrected chi connectivity index (χ4v) is 2.04. The van der Waals surface area contributed by atoms with Gasteiger partial charge in [-0.25, -0.2) is 8.42 Å². The van der Waals surface area contributed by atoms with Crippen molar-refractivity contribution in [3.05, 3.63) is 11.5 Å². The summed E-state index contributed by atoms with van der Waals surface area (Å²) >= 11 is 0. The Hall–Kier alpha value is -0.0600. The maximum Gasteiger partial charge on any atom is 0.254 e. The Bertz CT molecular complexity index is 268. The molecular formula is C8H14ClNO2S. The van der Waals surface area contributed by atoms with Gasteiger partial charge in [-0.05, 0) is 38.3 Å². The van der Waals surface area contributed by atoms with Crippen molar-refractivity contribution >= 4 is 19.7 Å². The van der Waals surface area contributed by atoms with Crippen LogP contribution in [-0.2, 0) is 9.05 Å². The topological polar surface area (TPSA) is 46.2 Å². The summed E-state index contributed by atoms with van der Waals surface area (Å²) in [6.07, 6.45) is 4.70. The largest absolute Gasteiger partial charge is 0.317 e. The van der Waals surface area contributed by atoms with E-state index in [1.54, 1.807) is 6.08 Å². The van der Waals surface area contributed by atoms with E-state index in [0.29, 0.717) is 5.92 Å². The molecule has 0 atom stereocenters. The fourth-order valence-electron chi connectivity index (χ4n) is 1.48. The molecule has 1 N–H and O–H groups in total. The van der Waals surface area contributed by atoms with E-state index in [1.165, 1.54) is 0 Å². The van der Waals surface area contributed by atoms with E-state index in [4.69, 9.17) is 10.7 Å². The van der Waals surface area contributed by atoms with Gasteiger partial charge in [-0.2, -0.15) is 0 Å². The van der Waals surface area contributed by atoms with E-state index in [2.05, 4.69) is 5.32 Å². The SMILES string of the molecule is O=S(=O)(Cl)/C=C\CC1CCNCC1. The van der Waals surface area contributed by atoms with Crippen molar-refractivity contribution in [3.8, 4) is 0 Å². The van der Waals surface area contributed by atoms with Crippen LogP contribution < -0.4 is 5.32 Å². The molecule has 0 aliphatic carbocycles. The summed E-state index contributed by atoms with van der Waals surface area (Å²) in [6.45, 7) is 2.07. The van der Waals surface area contributed by atoms with E-state index in [-0.39, 0.29) is 0 Å². The molecule has 0 aromatic carbocycles. The number of rotatable bonds is 3. The predicted molar refractivity (Wildman–Crippen MR) is 54.1 cm³/mol. The highest BCUT2D eigenvalue weighted by molar-refractivity contribution is 8.16. The molecule has 1 rings (SSSR count). The Labute approximate surface area is 83.6 Å². The Balaban J connectivity index is 2.29. The Morgan fingerprint density at radius 3 is 2.54 bits per heavy atom. The van der Waals surface area contributed by atoms with Crippen molar-refractivity contribution in [2.75, 3.05) is 13.1 Å². The van der Waals surface area contributed by atoms with Crippen LogP contribution in [0.15, 0.2) is 11.5 Å². The lowest BCUT2D eigenvalue weighted by Crippen LogP contribution is -2.27. The molecule has 1 heterocycles. The van der Waals surface area contributed by atoms with Gasteiger partial charge >= 0.3 is 0 Å². The van der Waals surface area contributed by atoms with Crippen LogP contribution in [0.1, 0.15) is 19.3 Å². The van der Waals surface area contributed by atoms with Gasteiger partial charge in [-0.15, -0.1) is 0 Å². The van der Waals surface area contributed by atoms with Crippen LogP contribution in [0.3, 0.4) is 0 Å². The fraction of sp³-hybridized carbons (Fsp3) is 0.750. The Morgan fingerprint density at radius 1 is 1.38 bits per heavy atom. The number of hydrogen-bond acceptors (Lipinski definition) is 3. The first-order valence-electron chi connectivity index (χ1n) is 4.40. The third-order valence-corrected chi connectivity index (χ3v) is 3.01. The maximum absolute atomic E-state index is 10.5. The molecule has 1 aliphatic rings. The standard InChI is InChI=1S/C8H14ClNO2S/c9-13(11,12)7-1-2-8-3-5-10-6-4-8/h1,7-8,10H,2-6H2/b7-1-. The summed E-state index contributed by atoms with van der Waals surface area (Å²) in [7, 11) is 1.58. The first-order valence-corrected chi connectivity index (χ1v) is 6.77. The van der Waals surface area contributed by atoms with Crippen molar-refractivity contribution in [3.63, 3.8) is 0 Å². The quantitative estimate of drug-likeness (QED) is 0.737.